The number of likely N-dealkylation sites (tertiary alicyclic amines) is 1. The van der Waals surface area contributed by atoms with Gasteiger partial charge < -0.3 is 9.80 Å². The summed E-state index contributed by atoms with van der Waals surface area (Å²) in [5.74, 6) is 6.50. The summed E-state index contributed by atoms with van der Waals surface area (Å²) in [7, 11) is 2.18. The van der Waals surface area contributed by atoms with Crippen LogP contribution >= 0.6 is 11.6 Å². The normalized spacial score (nSPS) is 16.9. The molecule has 5 rings (SSSR count). The van der Waals surface area contributed by atoms with Crippen LogP contribution < -0.4 is 0 Å². The van der Waals surface area contributed by atoms with Crippen molar-refractivity contribution in [1.29, 1.82) is 0 Å². The van der Waals surface area contributed by atoms with Gasteiger partial charge in [-0.3, -0.25) is 14.7 Å². The quantitative estimate of drug-likeness (QED) is 0.429. The smallest absolute Gasteiger partial charge is 0.255 e. The largest absolute Gasteiger partial charge is 0.338 e. The Hall–Kier alpha value is -3.31. The molecule has 208 valence electrons. The second-order valence-electron chi connectivity index (χ2n) is 10.6. The summed E-state index contributed by atoms with van der Waals surface area (Å²) in [5.41, 5.74) is 5.57. The first-order valence-electron chi connectivity index (χ1n) is 14.3. The summed E-state index contributed by atoms with van der Waals surface area (Å²) in [5, 5.41) is 0.429. The van der Waals surface area contributed by atoms with Gasteiger partial charge in [0, 0.05) is 68.3 Å². The summed E-state index contributed by atoms with van der Waals surface area (Å²) in [6.07, 6.45) is 6.98. The zero-order valence-electron chi connectivity index (χ0n) is 23.7. The highest BCUT2D eigenvalue weighted by Gasteiger charge is 2.29. The van der Waals surface area contributed by atoms with Crippen molar-refractivity contribution < 1.29 is 4.79 Å². The van der Waals surface area contributed by atoms with Crippen LogP contribution in [0.2, 0.25) is 5.02 Å². The van der Waals surface area contributed by atoms with Crippen molar-refractivity contribution in [3.05, 3.63) is 76.0 Å². The Morgan fingerprint density at radius 3 is 2.38 bits per heavy atom. The third-order valence-electron chi connectivity index (χ3n) is 8.06. The van der Waals surface area contributed by atoms with Crippen LogP contribution in [-0.4, -0.2) is 87.9 Å². The Kier molecular flexibility index (Phi) is 9.11. The number of carbonyl (C=O) groups excluding carboxylic acids is 1. The summed E-state index contributed by atoms with van der Waals surface area (Å²) >= 11 is 6.74. The molecular weight excluding hydrogens is 520 g/mol. The molecule has 0 radical (unpaired) electrons. The van der Waals surface area contributed by atoms with Gasteiger partial charge in [0.15, 0.2) is 0 Å². The van der Waals surface area contributed by atoms with Gasteiger partial charge in [0.1, 0.15) is 6.33 Å². The molecule has 4 heterocycles. The number of aromatic nitrogens is 3. The molecule has 7 nitrogen and oxygen atoms in total. The fourth-order valence-electron chi connectivity index (χ4n) is 5.51. The SMILES string of the molecule is CCc1ccc(C#Cc2c(CC)ncnc2-c2ccc(C(=O)N3CCC(N4CCN(C)CC4)CC3)c(Cl)c2)cn1. The number of hydrogen-bond acceptors (Lipinski definition) is 6. The average molecular weight is 557 g/mol. The molecule has 40 heavy (non-hydrogen) atoms. The monoisotopic (exact) mass is 556 g/mol. The van der Waals surface area contributed by atoms with E-state index in [4.69, 9.17) is 11.6 Å². The predicted octanol–water partition coefficient (Wildman–Crippen LogP) is 4.57. The number of aryl methyl sites for hydroxylation is 2. The molecule has 1 aromatic carbocycles. The van der Waals surface area contributed by atoms with Crippen molar-refractivity contribution in [2.75, 3.05) is 46.3 Å². The highest BCUT2D eigenvalue weighted by atomic mass is 35.5. The molecule has 2 aromatic heterocycles. The Bertz CT molecular complexity index is 1400. The van der Waals surface area contributed by atoms with Gasteiger partial charge in [0.05, 0.1) is 27.5 Å². The molecule has 8 heteroatoms. The molecule has 2 aliphatic rings. The van der Waals surface area contributed by atoms with E-state index in [9.17, 15) is 4.79 Å². The second-order valence-corrected chi connectivity index (χ2v) is 11.0. The fraction of sp³-hybridized carbons (Fsp3) is 0.438. The molecule has 0 saturated carbocycles. The van der Waals surface area contributed by atoms with Crippen molar-refractivity contribution >= 4 is 17.5 Å². The van der Waals surface area contributed by atoms with E-state index in [1.165, 1.54) is 0 Å². The van der Waals surface area contributed by atoms with E-state index < -0.39 is 0 Å². The lowest BCUT2D eigenvalue weighted by molar-refractivity contribution is 0.0519. The van der Waals surface area contributed by atoms with Crippen molar-refractivity contribution in [3.8, 4) is 23.1 Å². The topological polar surface area (TPSA) is 65.5 Å². The van der Waals surface area contributed by atoms with Crippen LogP contribution in [0.4, 0.5) is 0 Å². The third kappa shape index (κ3) is 6.36. The highest BCUT2D eigenvalue weighted by Crippen LogP contribution is 2.29. The predicted molar refractivity (Wildman–Crippen MR) is 159 cm³/mol. The number of carbonyl (C=O) groups is 1. The lowest BCUT2D eigenvalue weighted by Gasteiger charge is -2.42. The van der Waals surface area contributed by atoms with E-state index in [0.717, 1.165) is 93.0 Å². The molecule has 2 aliphatic heterocycles. The molecule has 3 aromatic rings. The number of nitrogens with zero attached hydrogens (tertiary/aromatic N) is 6. The van der Waals surface area contributed by atoms with Gasteiger partial charge >= 0.3 is 0 Å². The van der Waals surface area contributed by atoms with Crippen LogP contribution in [0.1, 0.15) is 59.6 Å². The molecule has 0 bridgehead atoms. The van der Waals surface area contributed by atoms with E-state index in [1.54, 1.807) is 12.5 Å². The Morgan fingerprint density at radius 1 is 0.950 bits per heavy atom. The van der Waals surface area contributed by atoms with Crippen LogP contribution in [0.15, 0.2) is 42.9 Å². The van der Waals surface area contributed by atoms with E-state index in [2.05, 4.69) is 57.5 Å². The molecule has 1 amide bonds. The van der Waals surface area contributed by atoms with Gasteiger partial charge in [0.25, 0.3) is 5.91 Å². The minimum atomic E-state index is -0.00615. The number of likely N-dealkylation sites (N-methyl/N-ethyl adjacent to an activating group) is 1. The lowest BCUT2D eigenvalue weighted by atomic mass is 9.99. The Balaban J connectivity index is 1.32. The molecule has 2 saturated heterocycles. The van der Waals surface area contributed by atoms with Crippen LogP contribution in [0, 0.1) is 11.8 Å². The van der Waals surface area contributed by atoms with Crippen molar-refractivity contribution in [2.45, 2.75) is 45.6 Å². The summed E-state index contributed by atoms with van der Waals surface area (Å²) in [4.78, 5) is 33.8. The first-order chi connectivity index (χ1) is 19.5. The minimum Gasteiger partial charge on any atom is -0.338 e. The number of piperidine rings is 1. The maximum Gasteiger partial charge on any atom is 0.255 e. The van der Waals surface area contributed by atoms with Crippen molar-refractivity contribution in [3.63, 3.8) is 0 Å². The van der Waals surface area contributed by atoms with E-state index in [1.807, 2.05) is 35.2 Å². The molecule has 0 spiro atoms. The number of pyridine rings is 1. The molecular formula is C32H37ClN6O. The molecule has 0 aliphatic carbocycles. The van der Waals surface area contributed by atoms with Gasteiger partial charge in [-0.1, -0.05) is 43.4 Å². The molecule has 0 unspecified atom stereocenters. The van der Waals surface area contributed by atoms with Crippen molar-refractivity contribution in [2.24, 2.45) is 0 Å². The zero-order valence-corrected chi connectivity index (χ0v) is 24.4. The first-order valence-corrected chi connectivity index (χ1v) is 14.7. The highest BCUT2D eigenvalue weighted by molar-refractivity contribution is 6.34. The summed E-state index contributed by atoms with van der Waals surface area (Å²) < 4.78 is 0. The fourth-order valence-corrected chi connectivity index (χ4v) is 5.77. The average Bonchev–Trinajstić information content (AvgIpc) is 3.00. The Morgan fingerprint density at radius 2 is 1.73 bits per heavy atom. The standard InChI is InChI=1S/C32H37ClN6O/c1-4-25-9-6-23(21-34-25)7-10-28-30(5-2)35-22-36-31(28)24-8-11-27(29(33)20-24)32(40)39-14-12-26(13-15-39)38-18-16-37(3)17-19-38/h6,8-9,11,20-22,26H,4-5,12-19H2,1-3H3. The van der Waals surface area contributed by atoms with Crippen LogP contribution in [0.5, 0.6) is 0 Å². The number of halogens is 1. The molecule has 0 atom stereocenters. The van der Waals surface area contributed by atoms with E-state index in [-0.39, 0.29) is 5.91 Å². The van der Waals surface area contributed by atoms with Gasteiger partial charge in [-0.2, -0.15) is 0 Å². The summed E-state index contributed by atoms with van der Waals surface area (Å²) in [6.45, 7) is 10.1. The van der Waals surface area contributed by atoms with Gasteiger partial charge in [-0.25, -0.2) is 9.97 Å². The second kappa shape index (κ2) is 12.9. The van der Waals surface area contributed by atoms with Crippen LogP contribution in [-0.2, 0) is 12.8 Å². The maximum atomic E-state index is 13.4. The van der Waals surface area contributed by atoms with E-state index in [0.29, 0.717) is 22.3 Å². The lowest BCUT2D eigenvalue weighted by Crippen LogP contribution is -2.53. The van der Waals surface area contributed by atoms with Gasteiger partial charge in [-0.15, -0.1) is 0 Å². The number of piperazine rings is 1. The number of rotatable bonds is 5. The molecule has 0 N–H and O–H groups in total. The third-order valence-corrected chi connectivity index (χ3v) is 8.37. The van der Waals surface area contributed by atoms with Crippen LogP contribution in [0.25, 0.3) is 11.3 Å². The van der Waals surface area contributed by atoms with Crippen LogP contribution in [0.3, 0.4) is 0 Å². The maximum absolute atomic E-state index is 13.4. The number of amides is 1. The minimum absolute atomic E-state index is 0.00615. The number of benzene rings is 1. The summed E-state index contributed by atoms with van der Waals surface area (Å²) in [6, 6.07) is 10.1. The van der Waals surface area contributed by atoms with E-state index >= 15 is 0 Å². The Labute approximate surface area is 242 Å². The van der Waals surface area contributed by atoms with Crippen molar-refractivity contribution in [1.82, 2.24) is 29.7 Å². The van der Waals surface area contributed by atoms with Gasteiger partial charge in [-0.05, 0) is 57.0 Å². The van der Waals surface area contributed by atoms with Gasteiger partial charge in [0.2, 0.25) is 0 Å². The molecule has 2 fully saturated rings. The number of hydrogen-bond donors (Lipinski definition) is 0. The zero-order chi connectivity index (χ0) is 28.1. The first kappa shape index (κ1) is 28.2.